The molecule has 124 valence electrons. The Labute approximate surface area is 133 Å². The van der Waals surface area contributed by atoms with Crippen LogP contribution in [0.25, 0.3) is 0 Å². The first kappa shape index (κ1) is 17.1. The maximum Gasteiger partial charge on any atom is 0.340 e. The van der Waals surface area contributed by atoms with Crippen LogP contribution in [0.2, 0.25) is 0 Å². The van der Waals surface area contributed by atoms with Crippen molar-refractivity contribution in [3.8, 4) is 0 Å². The monoisotopic (exact) mass is 308 g/mol. The summed E-state index contributed by atoms with van der Waals surface area (Å²) in [6.45, 7) is 8.60. The summed E-state index contributed by atoms with van der Waals surface area (Å²) in [6, 6.07) is 0. The van der Waals surface area contributed by atoms with Gasteiger partial charge >= 0.3 is 5.97 Å². The molecule has 4 heteroatoms. The highest BCUT2D eigenvalue weighted by molar-refractivity contribution is 5.90. The number of hydrogen-bond acceptors (Lipinski definition) is 4. The number of carbonyl (C=O) groups is 1. The lowest BCUT2D eigenvalue weighted by atomic mass is 9.90. The molecule has 22 heavy (non-hydrogen) atoms. The zero-order chi connectivity index (χ0) is 15.9. The average Bonchev–Trinajstić information content (AvgIpc) is 2.53. The van der Waals surface area contributed by atoms with Crippen molar-refractivity contribution in [1.82, 2.24) is 0 Å². The molecule has 0 spiro atoms. The molecular weight excluding hydrogens is 280 g/mol. The van der Waals surface area contributed by atoms with Crippen LogP contribution in [0.5, 0.6) is 0 Å². The van der Waals surface area contributed by atoms with Gasteiger partial charge in [-0.05, 0) is 32.6 Å². The fourth-order valence-corrected chi connectivity index (χ4v) is 3.22. The third-order valence-electron chi connectivity index (χ3n) is 4.36. The molecule has 0 aromatic heterocycles. The zero-order valence-corrected chi connectivity index (χ0v) is 13.8. The van der Waals surface area contributed by atoms with Crippen molar-refractivity contribution in [3.63, 3.8) is 0 Å². The standard InChI is InChI=1S/C18H28O4/c1-4-15-17(18(19)20-5-2)16(11-13(3)22-15)21-12-14-9-7-6-8-10-14/h4,13-15H,1,5-12H2,2-3H3/t13-,15-/m1/s1. The molecule has 2 atom stereocenters. The Hall–Kier alpha value is -1.29. The zero-order valence-electron chi connectivity index (χ0n) is 13.8. The van der Waals surface area contributed by atoms with Gasteiger partial charge in [-0.25, -0.2) is 4.79 Å². The molecule has 1 fully saturated rings. The van der Waals surface area contributed by atoms with E-state index in [0.29, 0.717) is 31.1 Å². The first-order valence-electron chi connectivity index (χ1n) is 8.46. The lowest BCUT2D eigenvalue weighted by molar-refractivity contribution is -0.141. The van der Waals surface area contributed by atoms with Crippen LogP contribution in [0.4, 0.5) is 0 Å². The largest absolute Gasteiger partial charge is 0.497 e. The van der Waals surface area contributed by atoms with Crippen LogP contribution in [-0.2, 0) is 19.0 Å². The molecule has 4 nitrogen and oxygen atoms in total. The fourth-order valence-electron chi connectivity index (χ4n) is 3.22. The Kier molecular flexibility index (Phi) is 6.49. The van der Waals surface area contributed by atoms with E-state index in [1.165, 1.54) is 32.1 Å². The topological polar surface area (TPSA) is 44.8 Å². The second kappa shape index (κ2) is 8.37. The van der Waals surface area contributed by atoms with Gasteiger partial charge in [-0.15, -0.1) is 6.58 Å². The molecule has 1 aliphatic heterocycles. The minimum atomic E-state index is -0.441. The molecule has 0 saturated heterocycles. The van der Waals surface area contributed by atoms with E-state index in [2.05, 4.69) is 6.58 Å². The molecule has 0 bridgehead atoms. The third-order valence-corrected chi connectivity index (χ3v) is 4.36. The van der Waals surface area contributed by atoms with E-state index in [4.69, 9.17) is 14.2 Å². The van der Waals surface area contributed by atoms with Gasteiger partial charge in [0.25, 0.3) is 0 Å². The third kappa shape index (κ3) is 4.35. The summed E-state index contributed by atoms with van der Waals surface area (Å²) >= 11 is 0. The maximum absolute atomic E-state index is 12.2. The second-order valence-corrected chi connectivity index (χ2v) is 6.18. The van der Waals surface area contributed by atoms with Gasteiger partial charge in [-0.1, -0.05) is 25.3 Å². The van der Waals surface area contributed by atoms with E-state index < -0.39 is 6.10 Å². The van der Waals surface area contributed by atoms with Gasteiger partial charge < -0.3 is 14.2 Å². The van der Waals surface area contributed by atoms with E-state index in [-0.39, 0.29) is 12.1 Å². The van der Waals surface area contributed by atoms with Crippen LogP contribution in [0.3, 0.4) is 0 Å². The van der Waals surface area contributed by atoms with Crippen molar-refractivity contribution in [2.45, 2.75) is 64.6 Å². The molecule has 1 saturated carbocycles. The smallest absolute Gasteiger partial charge is 0.340 e. The normalized spacial score (nSPS) is 26.6. The average molecular weight is 308 g/mol. The second-order valence-electron chi connectivity index (χ2n) is 6.18. The van der Waals surface area contributed by atoms with Gasteiger partial charge in [0.15, 0.2) is 0 Å². The first-order valence-corrected chi connectivity index (χ1v) is 8.46. The minimum Gasteiger partial charge on any atom is -0.497 e. The molecule has 0 amide bonds. The van der Waals surface area contributed by atoms with Crippen molar-refractivity contribution in [1.29, 1.82) is 0 Å². The molecule has 0 N–H and O–H groups in total. The lowest BCUT2D eigenvalue weighted by Crippen LogP contribution is -2.33. The summed E-state index contributed by atoms with van der Waals surface area (Å²) < 4.78 is 17.0. The number of hydrogen-bond donors (Lipinski definition) is 0. The van der Waals surface area contributed by atoms with Crippen LogP contribution in [0, 0.1) is 5.92 Å². The molecule has 1 aliphatic carbocycles. The van der Waals surface area contributed by atoms with Gasteiger partial charge in [-0.3, -0.25) is 0 Å². The summed E-state index contributed by atoms with van der Waals surface area (Å²) in [4.78, 5) is 12.2. The van der Waals surface area contributed by atoms with Crippen molar-refractivity contribution in [3.05, 3.63) is 24.0 Å². The molecule has 0 aromatic rings. The van der Waals surface area contributed by atoms with Gasteiger partial charge in [0.1, 0.15) is 17.4 Å². The fraction of sp³-hybridized carbons (Fsp3) is 0.722. The van der Waals surface area contributed by atoms with Crippen LogP contribution in [0.1, 0.15) is 52.4 Å². The highest BCUT2D eigenvalue weighted by atomic mass is 16.5. The van der Waals surface area contributed by atoms with E-state index in [0.717, 1.165) is 5.76 Å². The van der Waals surface area contributed by atoms with Crippen molar-refractivity contribution < 1.29 is 19.0 Å². The predicted molar refractivity (Wildman–Crippen MR) is 85.3 cm³/mol. The Balaban J connectivity index is 2.11. The molecule has 0 unspecified atom stereocenters. The van der Waals surface area contributed by atoms with Crippen LogP contribution >= 0.6 is 0 Å². The summed E-state index contributed by atoms with van der Waals surface area (Å²) in [6.07, 6.45) is 8.18. The molecule has 0 radical (unpaired) electrons. The summed E-state index contributed by atoms with van der Waals surface area (Å²) in [7, 11) is 0. The van der Waals surface area contributed by atoms with Gasteiger partial charge in [-0.2, -0.15) is 0 Å². The highest BCUT2D eigenvalue weighted by Gasteiger charge is 2.33. The van der Waals surface area contributed by atoms with Crippen LogP contribution in [0.15, 0.2) is 24.0 Å². The first-order chi connectivity index (χ1) is 10.7. The van der Waals surface area contributed by atoms with Gasteiger partial charge in [0.2, 0.25) is 0 Å². The van der Waals surface area contributed by atoms with Gasteiger partial charge in [0, 0.05) is 6.42 Å². The highest BCUT2D eigenvalue weighted by Crippen LogP contribution is 2.30. The summed E-state index contributed by atoms with van der Waals surface area (Å²) in [5, 5.41) is 0. The van der Waals surface area contributed by atoms with E-state index >= 15 is 0 Å². The Morgan fingerprint density at radius 3 is 2.73 bits per heavy atom. The Morgan fingerprint density at radius 2 is 2.09 bits per heavy atom. The number of ether oxygens (including phenoxy) is 3. The predicted octanol–water partition coefficient (Wildman–Crippen LogP) is 3.76. The molecular formula is C18H28O4. The SMILES string of the molecule is C=C[C@H]1O[C@H](C)CC(OCC2CCCCC2)=C1C(=O)OCC. The van der Waals surface area contributed by atoms with Gasteiger partial charge in [0.05, 0.1) is 19.3 Å². The maximum atomic E-state index is 12.2. The lowest BCUT2D eigenvalue weighted by Gasteiger charge is -2.31. The summed E-state index contributed by atoms with van der Waals surface area (Å²) in [5.74, 6) is 0.982. The Morgan fingerprint density at radius 1 is 1.36 bits per heavy atom. The van der Waals surface area contributed by atoms with Crippen LogP contribution in [-0.4, -0.2) is 31.4 Å². The molecule has 0 aromatic carbocycles. The van der Waals surface area contributed by atoms with Crippen LogP contribution < -0.4 is 0 Å². The molecule has 2 aliphatic rings. The number of carbonyl (C=O) groups excluding carboxylic acids is 1. The molecule has 2 rings (SSSR count). The van der Waals surface area contributed by atoms with E-state index in [1.807, 2.05) is 6.92 Å². The van der Waals surface area contributed by atoms with Crippen molar-refractivity contribution >= 4 is 5.97 Å². The van der Waals surface area contributed by atoms with Crippen molar-refractivity contribution in [2.75, 3.05) is 13.2 Å². The van der Waals surface area contributed by atoms with E-state index in [9.17, 15) is 4.79 Å². The number of rotatable bonds is 6. The molecule has 1 heterocycles. The quantitative estimate of drug-likeness (QED) is 0.553. The number of esters is 1. The minimum absolute atomic E-state index is 0.0162. The summed E-state index contributed by atoms with van der Waals surface area (Å²) in [5.41, 5.74) is 0.491. The Bertz CT molecular complexity index is 421. The van der Waals surface area contributed by atoms with Crippen molar-refractivity contribution in [2.24, 2.45) is 5.92 Å². The van der Waals surface area contributed by atoms with E-state index in [1.54, 1.807) is 13.0 Å².